The van der Waals surface area contributed by atoms with Crippen molar-refractivity contribution in [3.63, 3.8) is 0 Å². The highest BCUT2D eigenvalue weighted by atomic mass is 16.5. The fourth-order valence-corrected chi connectivity index (χ4v) is 15.3. The van der Waals surface area contributed by atoms with Gasteiger partial charge in [-0.15, -0.1) is 0 Å². The highest BCUT2D eigenvalue weighted by Gasteiger charge is 2.72. The topological polar surface area (TPSA) is 122 Å². The third-order valence-electron chi connectivity index (χ3n) is 19.1. The lowest BCUT2D eigenvalue weighted by Crippen LogP contribution is -2.68. The van der Waals surface area contributed by atoms with Gasteiger partial charge in [0.15, 0.2) is 0 Å². The van der Waals surface area contributed by atoms with E-state index >= 15 is 0 Å². The zero-order chi connectivity index (χ0) is 41.0. The molecule has 2 amide bonds. The van der Waals surface area contributed by atoms with Crippen LogP contribution >= 0.6 is 0 Å². The van der Waals surface area contributed by atoms with Crippen LogP contribution in [-0.2, 0) is 28.7 Å². The Kier molecular flexibility index (Phi) is 10.3. The van der Waals surface area contributed by atoms with Gasteiger partial charge in [0.25, 0.3) is 0 Å². The molecule has 0 aromatic carbocycles. The predicted molar refractivity (Wildman–Crippen MR) is 216 cm³/mol. The second-order valence-electron chi connectivity index (χ2n) is 22.6. The minimum atomic E-state index is -1.16. The highest BCUT2D eigenvalue weighted by Crippen LogP contribution is 2.77. The number of esters is 1. The zero-order valence-electron chi connectivity index (χ0n) is 36.5. The zero-order valence-corrected chi connectivity index (χ0v) is 36.5. The van der Waals surface area contributed by atoms with Crippen molar-refractivity contribution in [3.05, 3.63) is 12.2 Å². The van der Waals surface area contributed by atoms with E-state index in [1.54, 1.807) is 13.8 Å². The van der Waals surface area contributed by atoms with Crippen molar-refractivity contribution in [2.24, 2.45) is 73.4 Å². The van der Waals surface area contributed by atoms with Crippen LogP contribution in [0.25, 0.3) is 0 Å². The van der Waals surface area contributed by atoms with E-state index in [0.29, 0.717) is 56.4 Å². The summed E-state index contributed by atoms with van der Waals surface area (Å²) in [6.07, 6.45) is 10.5. The molecule has 1 heterocycles. The number of fused-ring (bicyclic) bond motifs is 7. The van der Waals surface area contributed by atoms with Gasteiger partial charge in [-0.25, -0.2) is 0 Å². The van der Waals surface area contributed by atoms with Gasteiger partial charge in [0.1, 0.15) is 6.10 Å². The van der Waals surface area contributed by atoms with Gasteiger partial charge in [-0.2, -0.15) is 0 Å². The SMILES string of the molecule is C=C(C)[C@@H]1CC[C@]2(C(=O)N[C@H]3C[C@@H](C(=O)N4CCOCC4)C3(C)C)CC[C@]3(C)[C@H](CC[C@@H]4[C@@]5(C)CC[C@H](OC(=O)CC(C)(C)C(=O)O)C(C)(C)[C@@H]5CC[C@]43C)[C@@H]12. The van der Waals surface area contributed by atoms with Gasteiger partial charge >= 0.3 is 11.9 Å². The normalized spacial score (nSPS) is 43.8. The van der Waals surface area contributed by atoms with Crippen molar-refractivity contribution in [2.75, 3.05) is 26.3 Å². The lowest BCUT2D eigenvalue weighted by molar-refractivity contribution is -0.249. The highest BCUT2D eigenvalue weighted by molar-refractivity contribution is 5.86. The number of amides is 2. The molecule has 0 aromatic rings. The van der Waals surface area contributed by atoms with Crippen molar-refractivity contribution in [1.29, 1.82) is 0 Å². The number of hydrogen-bond donors (Lipinski definition) is 2. The summed E-state index contributed by atoms with van der Waals surface area (Å²) < 4.78 is 11.7. The average Bonchev–Trinajstić information content (AvgIpc) is 3.53. The van der Waals surface area contributed by atoms with E-state index in [-0.39, 0.29) is 69.3 Å². The monoisotopic (exact) mass is 779 g/mol. The van der Waals surface area contributed by atoms with E-state index in [9.17, 15) is 24.3 Å². The molecule has 56 heavy (non-hydrogen) atoms. The molecular weight excluding hydrogens is 705 g/mol. The number of carbonyl (C=O) groups is 4. The molecule has 314 valence electrons. The first kappa shape index (κ1) is 41.7. The van der Waals surface area contributed by atoms with Gasteiger partial charge in [0.05, 0.1) is 30.5 Å². The maximum Gasteiger partial charge on any atom is 0.309 e. The molecule has 12 atom stereocenters. The molecule has 0 unspecified atom stereocenters. The van der Waals surface area contributed by atoms with Crippen molar-refractivity contribution >= 4 is 23.8 Å². The quantitative estimate of drug-likeness (QED) is 0.187. The number of aliphatic carboxylic acids is 1. The summed E-state index contributed by atoms with van der Waals surface area (Å²) in [6.45, 7) is 29.1. The van der Waals surface area contributed by atoms with Crippen LogP contribution in [0.5, 0.6) is 0 Å². The van der Waals surface area contributed by atoms with E-state index < -0.39 is 22.8 Å². The fourth-order valence-electron chi connectivity index (χ4n) is 15.3. The molecule has 0 aromatic heterocycles. The van der Waals surface area contributed by atoms with E-state index in [2.05, 4.69) is 67.3 Å². The third kappa shape index (κ3) is 6.06. The van der Waals surface area contributed by atoms with E-state index in [1.807, 2.05) is 4.90 Å². The first-order valence-corrected chi connectivity index (χ1v) is 22.2. The Morgan fingerprint density at radius 3 is 2.14 bits per heavy atom. The molecular formula is C47H74N2O7. The van der Waals surface area contributed by atoms with Crippen molar-refractivity contribution in [1.82, 2.24) is 10.2 Å². The number of ether oxygens (including phenoxy) is 2. The summed E-state index contributed by atoms with van der Waals surface area (Å²) in [7, 11) is 0. The van der Waals surface area contributed by atoms with E-state index in [0.717, 1.165) is 64.2 Å². The average molecular weight is 779 g/mol. The van der Waals surface area contributed by atoms with Gasteiger partial charge in [0, 0.05) is 30.5 Å². The number of nitrogens with zero attached hydrogens (tertiary/aromatic N) is 1. The van der Waals surface area contributed by atoms with Crippen molar-refractivity contribution in [2.45, 2.75) is 158 Å². The Bertz CT molecular complexity index is 1630. The Labute approximate surface area is 337 Å². The lowest BCUT2D eigenvalue weighted by Gasteiger charge is -2.73. The van der Waals surface area contributed by atoms with Crippen LogP contribution in [0.1, 0.15) is 146 Å². The summed E-state index contributed by atoms with van der Waals surface area (Å²) in [6, 6.07) is -0.0119. The lowest BCUT2D eigenvalue weighted by atomic mass is 9.32. The van der Waals surface area contributed by atoms with Gasteiger partial charge in [-0.1, -0.05) is 60.6 Å². The van der Waals surface area contributed by atoms with Crippen molar-refractivity contribution < 1.29 is 33.8 Å². The van der Waals surface area contributed by atoms with E-state index in [4.69, 9.17) is 9.47 Å². The predicted octanol–water partition coefficient (Wildman–Crippen LogP) is 8.45. The Balaban J connectivity index is 1.10. The first-order valence-electron chi connectivity index (χ1n) is 22.2. The van der Waals surface area contributed by atoms with Gasteiger partial charge in [-0.3, -0.25) is 19.2 Å². The molecule has 1 aliphatic heterocycles. The number of carboxylic acid groups (broad SMARTS) is 1. The number of hydrogen-bond acceptors (Lipinski definition) is 6. The number of carbonyl (C=O) groups excluding carboxylic acids is 3. The molecule has 0 radical (unpaired) electrons. The molecule has 7 aliphatic rings. The molecule has 9 nitrogen and oxygen atoms in total. The van der Waals surface area contributed by atoms with Gasteiger partial charge < -0.3 is 24.8 Å². The standard InChI is InChI=1S/C47H74N2O7/c1-28(2)29-14-19-47(39(52)48-34-26-31(42(34,5)6)38(51)49-22-24-55-25-23-49)21-20-45(10)30(37(29)47)12-13-33-44(9)17-16-35(56-36(50)27-41(3,4)40(53)54)43(7,8)32(44)15-18-46(33,45)11/h29-35,37H,1,12-27H2,2-11H3,(H,48,52)(H,53,54)/t29-,30+,31-,32-,33+,34-,35-,37+,44-,45+,46+,47-/m0/s1. The molecule has 6 saturated carbocycles. The first-order chi connectivity index (χ1) is 26.0. The number of nitrogens with one attached hydrogen (secondary N) is 1. The molecule has 2 N–H and O–H groups in total. The summed E-state index contributed by atoms with van der Waals surface area (Å²) >= 11 is 0. The molecule has 9 heteroatoms. The molecule has 0 bridgehead atoms. The van der Waals surface area contributed by atoms with Crippen LogP contribution in [0.2, 0.25) is 0 Å². The summed E-state index contributed by atoms with van der Waals surface area (Å²) in [5.41, 5.74) is -0.595. The van der Waals surface area contributed by atoms with Crippen LogP contribution in [-0.4, -0.2) is 72.2 Å². The second kappa shape index (κ2) is 13.8. The molecule has 1 saturated heterocycles. The number of morpholine rings is 1. The summed E-state index contributed by atoms with van der Waals surface area (Å²) in [5, 5.41) is 13.3. The minimum Gasteiger partial charge on any atom is -0.481 e. The maximum atomic E-state index is 15.0. The smallest absolute Gasteiger partial charge is 0.309 e. The van der Waals surface area contributed by atoms with Crippen LogP contribution in [0.4, 0.5) is 0 Å². The number of rotatable bonds is 8. The maximum absolute atomic E-state index is 15.0. The third-order valence-corrected chi connectivity index (χ3v) is 19.1. The van der Waals surface area contributed by atoms with Crippen LogP contribution < -0.4 is 5.32 Å². The molecule has 0 spiro atoms. The molecule has 6 aliphatic carbocycles. The Morgan fingerprint density at radius 1 is 0.839 bits per heavy atom. The van der Waals surface area contributed by atoms with Crippen LogP contribution in [0.3, 0.4) is 0 Å². The van der Waals surface area contributed by atoms with Gasteiger partial charge in [-0.05, 0) is 143 Å². The fraction of sp³-hybridized carbons (Fsp3) is 0.872. The summed E-state index contributed by atoms with van der Waals surface area (Å²) in [4.78, 5) is 55.4. The van der Waals surface area contributed by atoms with E-state index in [1.165, 1.54) is 5.57 Å². The number of carboxylic acids is 1. The minimum absolute atomic E-state index is 0.0119. The molecule has 7 rings (SSSR count). The Morgan fingerprint density at radius 2 is 1.52 bits per heavy atom. The van der Waals surface area contributed by atoms with Crippen LogP contribution in [0.15, 0.2) is 12.2 Å². The number of allylic oxidation sites excluding steroid dienone is 1. The van der Waals surface area contributed by atoms with Crippen molar-refractivity contribution in [3.8, 4) is 0 Å². The second-order valence-corrected chi connectivity index (χ2v) is 22.6. The largest absolute Gasteiger partial charge is 0.481 e. The Hall–Kier alpha value is -2.42. The summed E-state index contributed by atoms with van der Waals surface area (Å²) in [5.74, 6) is 0.907. The van der Waals surface area contributed by atoms with Crippen LogP contribution in [0, 0.1) is 73.4 Å². The van der Waals surface area contributed by atoms with Gasteiger partial charge in [0.2, 0.25) is 11.8 Å². The molecule has 7 fully saturated rings.